The number of para-hydroxylation sites is 1. The van der Waals surface area contributed by atoms with Gasteiger partial charge in [-0.15, -0.1) is 11.3 Å². The number of anilines is 1. The van der Waals surface area contributed by atoms with E-state index in [9.17, 15) is 9.59 Å². The maximum absolute atomic E-state index is 13.3. The number of hydrogen-bond acceptors (Lipinski definition) is 4. The molecule has 4 nitrogen and oxygen atoms in total. The lowest BCUT2D eigenvalue weighted by Gasteiger charge is -2.06. The molecule has 1 N–H and O–H groups in total. The third-order valence-electron chi connectivity index (χ3n) is 5.21. The number of halogens is 3. The molecule has 1 amide bonds. The van der Waals surface area contributed by atoms with Crippen molar-refractivity contribution in [2.75, 3.05) is 5.32 Å². The average Bonchev–Trinajstić information content (AvgIpc) is 3.31. The van der Waals surface area contributed by atoms with Gasteiger partial charge in [-0.25, -0.2) is 0 Å². The van der Waals surface area contributed by atoms with Crippen LogP contribution in [0.5, 0.6) is 0 Å². The van der Waals surface area contributed by atoms with Crippen LogP contribution in [0.2, 0.25) is 15.1 Å². The number of nitrogens with one attached hydrogen (secondary N) is 1. The van der Waals surface area contributed by atoms with Crippen LogP contribution in [0.4, 0.5) is 5.69 Å². The van der Waals surface area contributed by atoms with E-state index in [1.165, 1.54) is 11.3 Å². The summed E-state index contributed by atoms with van der Waals surface area (Å²) < 4.78 is 6.56. The van der Waals surface area contributed by atoms with Crippen molar-refractivity contribution in [2.45, 2.75) is 6.92 Å². The summed E-state index contributed by atoms with van der Waals surface area (Å²) in [6, 6.07) is 17.6. The minimum atomic E-state index is -0.474. The van der Waals surface area contributed by atoms with Crippen LogP contribution in [-0.4, -0.2) is 11.7 Å². The second-order valence-electron chi connectivity index (χ2n) is 7.46. The number of carbonyl (C=O) groups is 2. The quantitative estimate of drug-likeness (QED) is 0.245. The van der Waals surface area contributed by atoms with Crippen molar-refractivity contribution in [1.29, 1.82) is 0 Å². The number of furan rings is 1. The molecule has 5 aromatic rings. The Morgan fingerprint density at radius 3 is 2.45 bits per heavy atom. The van der Waals surface area contributed by atoms with E-state index in [1.54, 1.807) is 42.5 Å². The summed E-state index contributed by atoms with van der Waals surface area (Å²) in [5, 5.41) is 5.06. The fourth-order valence-electron chi connectivity index (χ4n) is 3.59. The third-order valence-corrected chi connectivity index (χ3v) is 7.35. The molecular formula is C25H14Cl3NO3S. The number of fused-ring (bicyclic) bond motifs is 2. The molecule has 0 aliphatic carbocycles. The lowest BCUT2D eigenvalue weighted by Crippen LogP contribution is -2.13. The molecule has 8 heteroatoms. The van der Waals surface area contributed by atoms with Gasteiger partial charge in [0.05, 0.1) is 15.7 Å². The Labute approximate surface area is 207 Å². The highest BCUT2D eigenvalue weighted by Crippen LogP contribution is 2.42. The van der Waals surface area contributed by atoms with Gasteiger partial charge in [0.15, 0.2) is 5.76 Å². The van der Waals surface area contributed by atoms with Gasteiger partial charge in [0.2, 0.25) is 5.78 Å². The number of ketones is 1. The summed E-state index contributed by atoms with van der Waals surface area (Å²) in [4.78, 5) is 26.8. The molecule has 0 unspecified atom stereocenters. The van der Waals surface area contributed by atoms with Gasteiger partial charge in [-0.3, -0.25) is 9.59 Å². The SMILES string of the molecule is Cc1ccc(C(=O)c2oc3ccccc3c2NC(=O)c2sc3cc(Cl)cc(Cl)c3c2Cl)cc1. The fourth-order valence-corrected chi connectivity index (χ4v) is 5.87. The van der Waals surface area contributed by atoms with Crippen LogP contribution in [0.3, 0.4) is 0 Å². The van der Waals surface area contributed by atoms with Gasteiger partial charge in [0.25, 0.3) is 5.91 Å². The number of thiophene rings is 1. The number of rotatable bonds is 4. The summed E-state index contributed by atoms with van der Waals surface area (Å²) >= 11 is 20.1. The predicted molar refractivity (Wildman–Crippen MR) is 136 cm³/mol. The van der Waals surface area contributed by atoms with Crippen LogP contribution in [0.1, 0.15) is 31.4 Å². The van der Waals surface area contributed by atoms with Crippen molar-refractivity contribution in [3.05, 3.63) is 97.5 Å². The summed E-state index contributed by atoms with van der Waals surface area (Å²) in [6.07, 6.45) is 0. The zero-order chi connectivity index (χ0) is 23.3. The topological polar surface area (TPSA) is 59.3 Å². The van der Waals surface area contributed by atoms with E-state index >= 15 is 0 Å². The van der Waals surface area contributed by atoms with Gasteiger partial charge < -0.3 is 9.73 Å². The molecule has 0 radical (unpaired) electrons. The molecule has 0 aliphatic rings. The van der Waals surface area contributed by atoms with E-state index in [0.29, 0.717) is 42.4 Å². The number of benzene rings is 3. The van der Waals surface area contributed by atoms with E-state index in [4.69, 9.17) is 39.2 Å². The van der Waals surface area contributed by atoms with Crippen molar-refractivity contribution in [3.63, 3.8) is 0 Å². The van der Waals surface area contributed by atoms with E-state index in [1.807, 2.05) is 25.1 Å². The molecule has 2 heterocycles. The molecule has 0 atom stereocenters. The predicted octanol–water partition coefficient (Wildman–Crippen LogP) is 8.40. The monoisotopic (exact) mass is 513 g/mol. The lowest BCUT2D eigenvalue weighted by atomic mass is 10.1. The van der Waals surface area contributed by atoms with E-state index in [0.717, 1.165) is 5.56 Å². The summed E-state index contributed by atoms with van der Waals surface area (Å²) in [6.45, 7) is 1.94. The first-order chi connectivity index (χ1) is 15.8. The van der Waals surface area contributed by atoms with Crippen LogP contribution in [0.25, 0.3) is 21.1 Å². The summed E-state index contributed by atoms with van der Waals surface area (Å²) in [5.74, 6) is -0.761. The maximum Gasteiger partial charge on any atom is 0.267 e. The molecule has 5 rings (SSSR count). The van der Waals surface area contributed by atoms with Crippen LogP contribution in [0, 0.1) is 6.92 Å². The van der Waals surface area contributed by atoms with Crippen molar-refractivity contribution >= 4 is 84.6 Å². The first-order valence-corrected chi connectivity index (χ1v) is 11.8. The van der Waals surface area contributed by atoms with Crippen LogP contribution < -0.4 is 5.32 Å². The third kappa shape index (κ3) is 3.91. The number of carbonyl (C=O) groups excluding carboxylic acids is 2. The molecule has 2 aromatic heterocycles. The molecule has 0 fully saturated rings. The zero-order valence-corrected chi connectivity index (χ0v) is 20.1. The Bertz CT molecular complexity index is 1570. The zero-order valence-electron chi connectivity index (χ0n) is 17.0. The second kappa shape index (κ2) is 8.50. The van der Waals surface area contributed by atoms with Crippen molar-refractivity contribution < 1.29 is 14.0 Å². The molecule has 0 spiro atoms. The van der Waals surface area contributed by atoms with Crippen LogP contribution >= 0.6 is 46.1 Å². The van der Waals surface area contributed by atoms with Crippen LogP contribution in [-0.2, 0) is 0 Å². The van der Waals surface area contributed by atoms with Crippen molar-refractivity contribution in [3.8, 4) is 0 Å². The highest BCUT2D eigenvalue weighted by Gasteiger charge is 2.26. The Kier molecular flexibility index (Phi) is 5.67. The lowest BCUT2D eigenvalue weighted by molar-refractivity contribution is 0.101. The standard InChI is InChI=1S/C25H14Cl3NO3S/c1-12-6-8-13(9-7-12)22(30)23-21(15-4-2-3-5-17(15)32-23)29-25(31)24-20(28)19-16(27)10-14(26)11-18(19)33-24/h2-11H,1H3,(H,29,31). The van der Waals surface area contributed by atoms with E-state index in [2.05, 4.69) is 5.32 Å². The van der Waals surface area contributed by atoms with Gasteiger partial charge >= 0.3 is 0 Å². The summed E-state index contributed by atoms with van der Waals surface area (Å²) in [5.41, 5.74) is 2.26. The van der Waals surface area contributed by atoms with Gasteiger partial charge in [-0.05, 0) is 31.2 Å². The van der Waals surface area contributed by atoms with Gasteiger partial charge in [0.1, 0.15) is 10.5 Å². The number of aryl methyl sites for hydroxylation is 1. The maximum atomic E-state index is 13.3. The highest BCUT2D eigenvalue weighted by molar-refractivity contribution is 7.21. The minimum Gasteiger partial charge on any atom is -0.450 e. The van der Waals surface area contributed by atoms with Gasteiger partial charge in [0, 0.05) is 26.1 Å². The first-order valence-electron chi connectivity index (χ1n) is 9.85. The fraction of sp³-hybridized carbons (Fsp3) is 0.0400. The Hall–Kier alpha value is -2.83. The van der Waals surface area contributed by atoms with Gasteiger partial charge in [-0.1, -0.05) is 76.8 Å². The molecule has 3 aromatic carbocycles. The first kappa shape index (κ1) is 22.0. The smallest absolute Gasteiger partial charge is 0.267 e. The Morgan fingerprint density at radius 1 is 0.970 bits per heavy atom. The average molecular weight is 515 g/mol. The molecule has 0 bridgehead atoms. The molecule has 0 saturated carbocycles. The number of amides is 1. The molecule has 33 heavy (non-hydrogen) atoms. The van der Waals surface area contributed by atoms with Crippen LogP contribution in [0.15, 0.2) is 65.1 Å². The van der Waals surface area contributed by atoms with E-state index in [-0.39, 0.29) is 21.4 Å². The summed E-state index contributed by atoms with van der Waals surface area (Å²) in [7, 11) is 0. The molecule has 0 saturated heterocycles. The van der Waals surface area contributed by atoms with Crippen molar-refractivity contribution in [1.82, 2.24) is 0 Å². The van der Waals surface area contributed by atoms with Gasteiger partial charge in [-0.2, -0.15) is 0 Å². The Balaban J connectivity index is 1.60. The van der Waals surface area contributed by atoms with Crippen molar-refractivity contribution in [2.24, 2.45) is 0 Å². The number of hydrogen-bond donors (Lipinski definition) is 1. The highest BCUT2D eigenvalue weighted by atomic mass is 35.5. The molecular weight excluding hydrogens is 501 g/mol. The largest absolute Gasteiger partial charge is 0.450 e. The Morgan fingerprint density at radius 2 is 1.70 bits per heavy atom. The minimum absolute atomic E-state index is 0.0479. The second-order valence-corrected chi connectivity index (χ2v) is 9.73. The molecule has 164 valence electrons. The normalized spacial score (nSPS) is 11.3. The van der Waals surface area contributed by atoms with E-state index < -0.39 is 5.91 Å². The molecule has 0 aliphatic heterocycles.